The van der Waals surface area contributed by atoms with Crippen molar-refractivity contribution in [1.82, 2.24) is 9.21 Å². The third-order valence-electron chi connectivity index (χ3n) is 4.56. The smallest absolute Gasteiger partial charge is 0.247 e. The lowest BCUT2D eigenvalue weighted by atomic mass is 10.1. The molecule has 0 spiro atoms. The summed E-state index contributed by atoms with van der Waals surface area (Å²) < 4.78 is 56.6. The minimum Gasteiger partial charge on any atom is -0.495 e. The minimum atomic E-state index is -3.82. The second kappa shape index (κ2) is 5.73. The van der Waals surface area contributed by atoms with E-state index in [-0.39, 0.29) is 34.7 Å². The first kappa shape index (κ1) is 16.7. The molecule has 0 bridgehead atoms. The molecule has 1 aromatic rings. The van der Waals surface area contributed by atoms with Crippen LogP contribution in [0, 0.1) is 0 Å². The highest BCUT2D eigenvalue weighted by Crippen LogP contribution is 2.33. The topological polar surface area (TPSA) is 84.0 Å². The molecule has 0 aliphatic carbocycles. The molecular formula is C14H20N2O5S2. The minimum absolute atomic E-state index is 0.00606. The molecule has 2 fully saturated rings. The van der Waals surface area contributed by atoms with Crippen LogP contribution in [0.4, 0.5) is 0 Å². The molecule has 2 saturated heterocycles. The van der Waals surface area contributed by atoms with Crippen LogP contribution < -0.4 is 4.74 Å². The van der Waals surface area contributed by atoms with Gasteiger partial charge in [0.15, 0.2) is 9.84 Å². The predicted molar refractivity (Wildman–Crippen MR) is 85.7 cm³/mol. The van der Waals surface area contributed by atoms with E-state index in [2.05, 4.69) is 0 Å². The van der Waals surface area contributed by atoms with Gasteiger partial charge < -0.3 is 4.74 Å². The molecule has 2 unspecified atom stereocenters. The Morgan fingerprint density at radius 3 is 2.48 bits per heavy atom. The standard InChI is InChI=1S/C14H20N2O5S2/c1-15-7-8-16(12-10-22(17,18)9-11(12)15)23(19,20)14-6-4-3-5-13(14)21-2/h3-6,11-12H,7-10H2,1-2H3. The summed E-state index contributed by atoms with van der Waals surface area (Å²) in [5.41, 5.74) is 0. The van der Waals surface area contributed by atoms with Crippen LogP contribution in [0.5, 0.6) is 5.75 Å². The van der Waals surface area contributed by atoms with Crippen molar-refractivity contribution in [2.45, 2.75) is 17.0 Å². The second-order valence-electron chi connectivity index (χ2n) is 5.96. The van der Waals surface area contributed by atoms with Crippen LogP contribution in [0.15, 0.2) is 29.2 Å². The number of likely N-dealkylation sites (N-methyl/N-ethyl adjacent to an activating group) is 1. The molecule has 3 rings (SSSR count). The van der Waals surface area contributed by atoms with Crippen molar-refractivity contribution in [1.29, 1.82) is 0 Å². The third kappa shape index (κ3) is 2.86. The highest BCUT2D eigenvalue weighted by atomic mass is 32.2. The number of hydrogen-bond acceptors (Lipinski definition) is 6. The van der Waals surface area contributed by atoms with Crippen LogP contribution in [0.1, 0.15) is 0 Å². The fraction of sp³-hybridized carbons (Fsp3) is 0.571. The number of sulfone groups is 1. The van der Waals surface area contributed by atoms with E-state index in [1.54, 1.807) is 18.2 Å². The number of para-hydroxylation sites is 1. The Labute approximate surface area is 136 Å². The zero-order valence-corrected chi connectivity index (χ0v) is 14.7. The normalized spacial score (nSPS) is 28.4. The van der Waals surface area contributed by atoms with E-state index in [1.807, 2.05) is 11.9 Å². The number of piperazine rings is 1. The molecule has 128 valence electrons. The number of hydrogen-bond donors (Lipinski definition) is 0. The Kier molecular flexibility index (Phi) is 4.16. The van der Waals surface area contributed by atoms with E-state index < -0.39 is 25.9 Å². The summed E-state index contributed by atoms with van der Waals surface area (Å²) in [5, 5.41) is 0. The molecule has 0 amide bonds. The van der Waals surface area contributed by atoms with Gasteiger partial charge in [0, 0.05) is 19.1 Å². The summed E-state index contributed by atoms with van der Waals surface area (Å²) in [6.07, 6.45) is 0. The van der Waals surface area contributed by atoms with Crippen LogP contribution in [-0.4, -0.2) is 76.9 Å². The molecular weight excluding hydrogens is 340 g/mol. The molecule has 7 nitrogen and oxygen atoms in total. The zero-order chi connectivity index (χ0) is 16.8. The van der Waals surface area contributed by atoms with E-state index in [0.717, 1.165) is 0 Å². The van der Waals surface area contributed by atoms with Crippen molar-refractivity contribution in [3.63, 3.8) is 0 Å². The Bertz CT molecular complexity index is 806. The summed E-state index contributed by atoms with van der Waals surface area (Å²) in [6.45, 7) is 0.776. The summed E-state index contributed by atoms with van der Waals surface area (Å²) >= 11 is 0. The van der Waals surface area contributed by atoms with Gasteiger partial charge in [-0.3, -0.25) is 4.90 Å². The van der Waals surface area contributed by atoms with E-state index in [0.29, 0.717) is 6.54 Å². The van der Waals surface area contributed by atoms with Gasteiger partial charge in [-0.1, -0.05) is 12.1 Å². The lowest BCUT2D eigenvalue weighted by molar-refractivity contribution is 0.121. The number of ether oxygens (including phenoxy) is 1. The monoisotopic (exact) mass is 360 g/mol. The number of benzene rings is 1. The first-order valence-electron chi connectivity index (χ1n) is 7.32. The Morgan fingerprint density at radius 1 is 1.13 bits per heavy atom. The number of sulfonamides is 1. The Hall–Kier alpha value is -1.16. The number of rotatable bonds is 3. The van der Waals surface area contributed by atoms with E-state index in [9.17, 15) is 16.8 Å². The first-order chi connectivity index (χ1) is 10.8. The fourth-order valence-electron chi connectivity index (χ4n) is 3.35. The maximum Gasteiger partial charge on any atom is 0.247 e. The second-order valence-corrected chi connectivity index (χ2v) is 9.97. The van der Waals surface area contributed by atoms with Crippen molar-refractivity contribution in [2.24, 2.45) is 0 Å². The molecule has 2 heterocycles. The molecule has 2 aliphatic rings. The van der Waals surface area contributed by atoms with Crippen LogP contribution in [0.3, 0.4) is 0 Å². The molecule has 0 radical (unpaired) electrons. The highest BCUT2D eigenvalue weighted by molar-refractivity contribution is 7.92. The van der Waals surface area contributed by atoms with Gasteiger partial charge >= 0.3 is 0 Å². The summed E-state index contributed by atoms with van der Waals surface area (Å²) in [7, 11) is -3.79. The maximum atomic E-state index is 13.1. The predicted octanol–water partition coefficient (Wildman–Crippen LogP) is -0.203. The van der Waals surface area contributed by atoms with Crippen molar-refractivity contribution in [3.05, 3.63) is 24.3 Å². The largest absolute Gasteiger partial charge is 0.495 e. The number of nitrogens with zero attached hydrogens (tertiary/aromatic N) is 2. The van der Waals surface area contributed by atoms with Gasteiger partial charge in [0.25, 0.3) is 0 Å². The first-order valence-corrected chi connectivity index (χ1v) is 10.6. The lowest BCUT2D eigenvalue weighted by Crippen LogP contribution is -2.59. The van der Waals surface area contributed by atoms with Crippen LogP contribution in [0.2, 0.25) is 0 Å². The summed E-state index contributed by atoms with van der Waals surface area (Å²) in [5.74, 6) is 0.145. The molecule has 1 aromatic carbocycles. The molecule has 9 heteroatoms. The highest BCUT2D eigenvalue weighted by Gasteiger charge is 2.49. The maximum absolute atomic E-state index is 13.1. The van der Waals surface area contributed by atoms with Gasteiger partial charge in [-0.15, -0.1) is 0 Å². The van der Waals surface area contributed by atoms with Crippen molar-refractivity contribution < 1.29 is 21.6 Å². The van der Waals surface area contributed by atoms with Crippen LogP contribution in [0.25, 0.3) is 0 Å². The number of methoxy groups -OCH3 is 1. The molecule has 23 heavy (non-hydrogen) atoms. The Balaban J connectivity index is 2.03. The van der Waals surface area contributed by atoms with Gasteiger partial charge in [-0.2, -0.15) is 4.31 Å². The van der Waals surface area contributed by atoms with Crippen molar-refractivity contribution in [3.8, 4) is 5.75 Å². The molecule has 2 atom stereocenters. The summed E-state index contributed by atoms with van der Waals surface area (Å²) in [4.78, 5) is 2.01. The van der Waals surface area contributed by atoms with Gasteiger partial charge in [-0.25, -0.2) is 16.8 Å². The van der Waals surface area contributed by atoms with Crippen molar-refractivity contribution in [2.75, 3.05) is 38.8 Å². The Morgan fingerprint density at radius 2 is 1.78 bits per heavy atom. The third-order valence-corrected chi connectivity index (χ3v) is 8.22. The van der Waals surface area contributed by atoms with Gasteiger partial charge in [-0.05, 0) is 19.2 Å². The van der Waals surface area contributed by atoms with E-state index in [4.69, 9.17) is 4.74 Å². The molecule has 0 aromatic heterocycles. The lowest BCUT2D eigenvalue weighted by Gasteiger charge is -2.41. The van der Waals surface area contributed by atoms with Gasteiger partial charge in [0.1, 0.15) is 10.6 Å². The van der Waals surface area contributed by atoms with Gasteiger partial charge in [0.05, 0.1) is 24.7 Å². The average Bonchev–Trinajstić information content (AvgIpc) is 2.83. The SMILES string of the molecule is COc1ccccc1S(=O)(=O)N1CCN(C)C2CS(=O)(=O)CC21. The molecule has 0 N–H and O–H groups in total. The zero-order valence-electron chi connectivity index (χ0n) is 13.0. The number of fused-ring (bicyclic) bond motifs is 1. The van der Waals surface area contributed by atoms with Crippen molar-refractivity contribution >= 4 is 19.9 Å². The average molecular weight is 360 g/mol. The molecule has 0 saturated carbocycles. The van der Waals surface area contributed by atoms with Crippen LogP contribution in [-0.2, 0) is 19.9 Å². The quantitative estimate of drug-likeness (QED) is 0.742. The fourth-order valence-corrected chi connectivity index (χ4v) is 7.30. The van der Waals surface area contributed by atoms with Crippen LogP contribution >= 0.6 is 0 Å². The summed E-state index contributed by atoms with van der Waals surface area (Å²) in [6, 6.07) is 5.57. The van der Waals surface area contributed by atoms with E-state index in [1.165, 1.54) is 17.5 Å². The van der Waals surface area contributed by atoms with E-state index >= 15 is 0 Å². The van der Waals surface area contributed by atoms with Gasteiger partial charge in [0.2, 0.25) is 10.0 Å². The molecule has 2 aliphatic heterocycles.